The van der Waals surface area contributed by atoms with E-state index in [1.807, 2.05) is 12.1 Å². The summed E-state index contributed by atoms with van der Waals surface area (Å²) < 4.78 is 8.16. The minimum absolute atomic E-state index is 0.286. The normalized spacial score (nSPS) is 17.4. The van der Waals surface area contributed by atoms with Crippen LogP contribution in [0.3, 0.4) is 0 Å². The minimum Gasteiger partial charge on any atom is -0.484 e. The van der Waals surface area contributed by atoms with Crippen molar-refractivity contribution >= 4 is 57.4 Å². The Morgan fingerprint density at radius 1 is 1.03 bits per heavy atom. The Hall–Kier alpha value is -1.17. The highest BCUT2D eigenvalue weighted by Crippen LogP contribution is 2.31. The summed E-state index contributed by atoms with van der Waals surface area (Å²) in [6, 6.07) is 9.54. The van der Waals surface area contributed by atoms with Crippen LogP contribution in [0, 0.1) is 0 Å². The van der Waals surface area contributed by atoms with Crippen LogP contribution >= 0.6 is 46.4 Å². The summed E-state index contributed by atoms with van der Waals surface area (Å²) in [6.45, 7) is 2.31. The molecule has 8 heteroatoms. The van der Waals surface area contributed by atoms with Crippen molar-refractivity contribution in [2.45, 2.75) is 51.3 Å². The zero-order chi connectivity index (χ0) is 22.0. The quantitative estimate of drug-likeness (QED) is 0.336. The second kappa shape index (κ2) is 10.2. The van der Waals surface area contributed by atoms with Gasteiger partial charge < -0.3 is 14.2 Å². The van der Waals surface area contributed by atoms with Crippen LogP contribution in [-0.4, -0.2) is 34.1 Å². The van der Waals surface area contributed by atoms with E-state index < -0.39 is 0 Å². The third-order valence-corrected chi connectivity index (χ3v) is 7.21. The molecule has 0 amide bonds. The summed E-state index contributed by atoms with van der Waals surface area (Å²) in [4.78, 5) is 7.26. The molecule has 0 saturated carbocycles. The fourth-order valence-electron chi connectivity index (χ4n) is 4.26. The lowest BCUT2D eigenvalue weighted by Crippen LogP contribution is -2.36. The van der Waals surface area contributed by atoms with Gasteiger partial charge in [0.25, 0.3) is 0 Å². The lowest BCUT2D eigenvalue weighted by molar-refractivity contribution is 0.172. The van der Waals surface area contributed by atoms with Crippen LogP contribution in [0.4, 0.5) is 0 Å². The first-order valence-electron chi connectivity index (χ1n) is 10.5. The lowest BCUT2D eigenvalue weighted by atomic mass is 9.99. The van der Waals surface area contributed by atoms with Crippen LogP contribution in [0.2, 0.25) is 20.1 Å². The number of nitrogens with zero attached hydrogens (tertiary/aromatic N) is 3. The number of piperidine rings is 1. The zero-order valence-corrected chi connectivity index (χ0v) is 20.4. The predicted octanol–water partition coefficient (Wildman–Crippen LogP) is 7.49. The predicted molar refractivity (Wildman–Crippen MR) is 130 cm³/mol. The number of halogens is 4. The van der Waals surface area contributed by atoms with E-state index in [9.17, 15) is 0 Å². The molecule has 0 bridgehead atoms. The second-order valence-corrected chi connectivity index (χ2v) is 9.73. The van der Waals surface area contributed by atoms with Gasteiger partial charge in [-0.3, -0.25) is 0 Å². The van der Waals surface area contributed by atoms with Gasteiger partial charge in [-0.1, -0.05) is 52.8 Å². The Morgan fingerprint density at radius 3 is 2.61 bits per heavy atom. The third kappa shape index (κ3) is 5.43. The summed E-state index contributed by atoms with van der Waals surface area (Å²) >= 11 is 24.8. The molecule has 0 radical (unpaired) electrons. The largest absolute Gasteiger partial charge is 0.484 e. The average molecular weight is 501 g/mol. The van der Waals surface area contributed by atoms with E-state index >= 15 is 0 Å². The van der Waals surface area contributed by atoms with Gasteiger partial charge in [-0.05, 0) is 69.6 Å². The van der Waals surface area contributed by atoms with Gasteiger partial charge in [-0.15, -0.1) is 0 Å². The summed E-state index contributed by atoms with van der Waals surface area (Å²) in [7, 11) is 2.23. The van der Waals surface area contributed by atoms with Gasteiger partial charge in [-0.2, -0.15) is 0 Å². The number of ether oxygens (including phenoxy) is 1. The smallest absolute Gasteiger partial charge is 0.148 e. The molecule has 1 aromatic heterocycles. The molecule has 4 rings (SSSR count). The molecule has 0 spiro atoms. The molecule has 1 fully saturated rings. The Labute approximate surface area is 203 Å². The lowest BCUT2D eigenvalue weighted by Gasteiger charge is -2.32. The third-order valence-electron chi connectivity index (χ3n) is 5.96. The highest BCUT2D eigenvalue weighted by Gasteiger charge is 2.19. The Kier molecular flexibility index (Phi) is 7.56. The maximum atomic E-state index is 6.31. The molecule has 0 N–H and O–H groups in total. The molecular formula is C23H25Cl4N3O. The van der Waals surface area contributed by atoms with Gasteiger partial charge in [0.2, 0.25) is 0 Å². The fraction of sp³-hybridized carbons (Fsp3) is 0.435. The molecule has 1 atom stereocenters. The maximum absolute atomic E-state index is 6.31. The van der Waals surface area contributed by atoms with Crippen molar-refractivity contribution in [2.75, 3.05) is 13.6 Å². The molecule has 1 unspecified atom stereocenters. The van der Waals surface area contributed by atoms with Crippen LogP contribution in [0.1, 0.15) is 37.9 Å². The molecule has 2 heterocycles. The number of fused-ring (bicyclic) bond motifs is 1. The number of likely N-dealkylation sites (tertiary alicyclic amines) is 1. The van der Waals surface area contributed by atoms with Crippen molar-refractivity contribution < 1.29 is 4.74 Å². The number of aromatic nitrogens is 2. The summed E-state index contributed by atoms with van der Waals surface area (Å²) in [5.41, 5.74) is 1.78. The standard InChI is InChI=1S/C23H25Cl4N3O/c1-29-9-3-2-5-16(29)6-4-10-30-21-13-18(26)17(25)12-20(21)28-23(30)14-31-22-8-7-15(24)11-19(22)27/h7-8,11-13,16H,2-6,9-10,14H2,1H3. The number of benzene rings is 2. The topological polar surface area (TPSA) is 30.3 Å². The van der Waals surface area contributed by atoms with Crippen molar-refractivity contribution in [2.24, 2.45) is 0 Å². The van der Waals surface area contributed by atoms with Crippen LogP contribution < -0.4 is 4.74 Å². The molecule has 3 aromatic rings. The van der Waals surface area contributed by atoms with Crippen LogP contribution in [0.15, 0.2) is 30.3 Å². The number of imidazole rings is 1. The van der Waals surface area contributed by atoms with Gasteiger partial charge in [0, 0.05) is 17.6 Å². The van der Waals surface area contributed by atoms with Crippen LogP contribution in [-0.2, 0) is 13.2 Å². The zero-order valence-electron chi connectivity index (χ0n) is 17.4. The SMILES string of the molecule is CN1CCCCC1CCCn1c(COc2ccc(Cl)cc2Cl)nc2cc(Cl)c(Cl)cc21. The first kappa shape index (κ1) is 23.0. The van der Waals surface area contributed by atoms with E-state index in [2.05, 4.69) is 16.5 Å². The van der Waals surface area contributed by atoms with Crippen molar-refractivity contribution in [3.8, 4) is 5.75 Å². The summed E-state index contributed by atoms with van der Waals surface area (Å²) in [6.07, 6.45) is 6.09. The number of hydrogen-bond donors (Lipinski definition) is 0. The van der Waals surface area contributed by atoms with Gasteiger partial charge >= 0.3 is 0 Å². The highest BCUT2D eigenvalue weighted by molar-refractivity contribution is 6.42. The monoisotopic (exact) mass is 499 g/mol. The van der Waals surface area contributed by atoms with E-state index in [0.29, 0.717) is 31.9 Å². The molecule has 0 aliphatic carbocycles. The van der Waals surface area contributed by atoms with E-state index in [4.69, 9.17) is 56.1 Å². The maximum Gasteiger partial charge on any atom is 0.148 e. The van der Waals surface area contributed by atoms with E-state index in [-0.39, 0.29) is 6.61 Å². The molecule has 166 valence electrons. The van der Waals surface area contributed by atoms with Crippen LogP contribution in [0.25, 0.3) is 11.0 Å². The number of hydrogen-bond acceptors (Lipinski definition) is 3. The number of aryl methyl sites for hydroxylation is 1. The van der Waals surface area contributed by atoms with Crippen molar-refractivity contribution in [3.05, 3.63) is 56.2 Å². The highest BCUT2D eigenvalue weighted by atomic mass is 35.5. The van der Waals surface area contributed by atoms with E-state index in [0.717, 1.165) is 36.2 Å². The minimum atomic E-state index is 0.286. The fourth-order valence-corrected chi connectivity index (χ4v) is 5.04. The molecule has 4 nitrogen and oxygen atoms in total. The van der Waals surface area contributed by atoms with Crippen molar-refractivity contribution in [1.82, 2.24) is 14.5 Å². The number of rotatable bonds is 7. The Morgan fingerprint density at radius 2 is 1.84 bits per heavy atom. The summed E-state index contributed by atoms with van der Waals surface area (Å²) in [5.74, 6) is 1.39. The van der Waals surface area contributed by atoms with Crippen molar-refractivity contribution in [1.29, 1.82) is 0 Å². The molecule has 1 saturated heterocycles. The first-order chi connectivity index (χ1) is 14.9. The molecule has 1 aliphatic heterocycles. The van der Waals surface area contributed by atoms with Gasteiger partial charge in [0.05, 0.1) is 26.1 Å². The van der Waals surface area contributed by atoms with E-state index in [1.165, 1.54) is 25.8 Å². The second-order valence-electron chi connectivity index (χ2n) is 8.07. The van der Waals surface area contributed by atoms with Gasteiger partial charge in [0.1, 0.15) is 18.2 Å². The molecule has 31 heavy (non-hydrogen) atoms. The Balaban J connectivity index is 1.54. The average Bonchev–Trinajstić information content (AvgIpc) is 3.05. The van der Waals surface area contributed by atoms with Crippen molar-refractivity contribution in [3.63, 3.8) is 0 Å². The van der Waals surface area contributed by atoms with Gasteiger partial charge in [0.15, 0.2) is 0 Å². The Bertz CT molecular complexity index is 1070. The molecule has 2 aromatic carbocycles. The van der Waals surface area contributed by atoms with E-state index in [1.54, 1.807) is 18.2 Å². The first-order valence-corrected chi connectivity index (χ1v) is 12.1. The van der Waals surface area contributed by atoms with Gasteiger partial charge in [-0.25, -0.2) is 4.98 Å². The molecule has 1 aliphatic rings. The summed E-state index contributed by atoms with van der Waals surface area (Å²) in [5, 5.41) is 2.06. The van der Waals surface area contributed by atoms with Crippen LogP contribution in [0.5, 0.6) is 5.75 Å². The molecular weight excluding hydrogens is 476 g/mol.